The fraction of sp³-hybridized carbons (Fsp3) is 0.417. The van der Waals surface area contributed by atoms with Crippen molar-refractivity contribution in [3.8, 4) is 11.3 Å². The summed E-state index contributed by atoms with van der Waals surface area (Å²) in [5.74, 6) is 0.397. The Hall–Kier alpha value is -3.46. The quantitative estimate of drug-likeness (QED) is 0.638. The van der Waals surface area contributed by atoms with Crippen LogP contribution in [0.3, 0.4) is 0 Å². The van der Waals surface area contributed by atoms with Crippen molar-refractivity contribution in [2.45, 2.75) is 25.8 Å². The average molecular weight is 447 g/mol. The number of likely N-dealkylation sites (tertiary alicyclic amines) is 2. The third kappa shape index (κ3) is 4.68. The number of rotatable bonds is 4. The minimum atomic E-state index is -0.132. The van der Waals surface area contributed by atoms with E-state index in [-0.39, 0.29) is 11.4 Å². The Bertz CT molecular complexity index is 1120. The molecule has 0 radical (unpaired) electrons. The topological polar surface area (TPSA) is 105 Å². The first-order chi connectivity index (χ1) is 16.0. The summed E-state index contributed by atoms with van der Waals surface area (Å²) in [6, 6.07) is 7.27. The number of nitrogens with zero attached hydrogens (tertiary/aromatic N) is 6. The van der Waals surface area contributed by atoms with E-state index in [0.29, 0.717) is 11.5 Å². The van der Waals surface area contributed by atoms with Crippen molar-refractivity contribution in [3.63, 3.8) is 0 Å². The standard InChI is InChI=1S/C24H30N8O/c1-30-15-18(13-27-30)16-31-10-6-24(7-11-31)8-12-32(17-24)23(33)29-22-20(25)4-5-21(28-22)19-3-2-9-26-14-19/h2-5,9,13-15H,6-8,10-12,16-17,25H2,1H3,(H,28,29,33). The highest BCUT2D eigenvalue weighted by molar-refractivity contribution is 5.92. The lowest BCUT2D eigenvalue weighted by molar-refractivity contribution is 0.106. The van der Waals surface area contributed by atoms with Gasteiger partial charge in [0.1, 0.15) is 0 Å². The monoisotopic (exact) mass is 446 g/mol. The normalized spacial score (nSPS) is 18.0. The summed E-state index contributed by atoms with van der Waals surface area (Å²) >= 11 is 0. The Labute approximate surface area is 193 Å². The molecule has 3 aromatic rings. The van der Waals surface area contributed by atoms with E-state index in [9.17, 15) is 4.79 Å². The first kappa shape index (κ1) is 21.4. The number of hydrogen-bond acceptors (Lipinski definition) is 6. The number of carbonyl (C=O) groups is 1. The second-order valence-corrected chi connectivity index (χ2v) is 9.28. The number of nitrogens with two attached hydrogens (primary N) is 1. The van der Waals surface area contributed by atoms with Crippen molar-refractivity contribution >= 4 is 17.5 Å². The SMILES string of the molecule is Cn1cc(CN2CCC3(CC2)CCN(C(=O)Nc2nc(-c4cccnc4)ccc2N)C3)cn1. The predicted molar refractivity (Wildman–Crippen MR) is 127 cm³/mol. The molecule has 5 heterocycles. The number of nitrogen functional groups attached to an aromatic ring is 1. The van der Waals surface area contributed by atoms with E-state index in [0.717, 1.165) is 63.2 Å². The Kier molecular flexibility index (Phi) is 5.72. The largest absolute Gasteiger partial charge is 0.396 e. The van der Waals surface area contributed by atoms with Gasteiger partial charge in [-0.1, -0.05) is 0 Å². The van der Waals surface area contributed by atoms with Crippen LogP contribution in [0, 0.1) is 5.41 Å². The number of pyridine rings is 2. The zero-order valence-electron chi connectivity index (χ0n) is 18.9. The molecule has 0 bridgehead atoms. The van der Waals surface area contributed by atoms with Crippen LogP contribution in [0.5, 0.6) is 0 Å². The maximum atomic E-state index is 13.0. The van der Waals surface area contributed by atoms with Crippen molar-refractivity contribution in [3.05, 3.63) is 54.6 Å². The lowest BCUT2D eigenvalue weighted by atomic mass is 9.78. The van der Waals surface area contributed by atoms with E-state index in [1.165, 1.54) is 5.56 Å². The van der Waals surface area contributed by atoms with Crippen LogP contribution >= 0.6 is 0 Å². The maximum absolute atomic E-state index is 13.0. The molecule has 0 atom stereocenters. The van der Waals surface area contributed by atoms with Crippen LogP contribution < -0.4 is 11.1 Å². The molecule has 9 nitrogen and oxygen atoms in total. The maximum Gasteiger partial charge on any atom is 0.323 e. The molecule has 2 aliphatic rings. The van der Waals surface area contributed by atoms with Crippen LogP contribution in [0.25, 0.3) is 11.3 Å². The molecular weight excluding hydrogens is 416 g/mol. The van der Waals surface area contributed by atoms with Crippen LogP contribution in [0.1, 0.15) is 24.8 Å². The van der Waals surface area contributed by atoms with Gasteiger partial charge in [0.2, 0.25) is 0 Å². The first-order valence-corrected chi connectivity index (χ1v) is 11.4. The predicted octanol–water partition coefficient (Wildman–Crippen LogP) is 2.98. The van der Waals surface area contributed by atoms with Gasteiger partial charge in [0.15, 0.2) is 5.82 Å². The molecule has 33 heavy (non-hydrogen) atoms. The number of aryl methyl sites for hydroxylation is 1. The van der Waals surface area contributed by atoms with Crippen molar-refractivity contribution in [1.82, 2.24) is 29.5 Å². The van der Waals surface area contributed by atoms with Gasteiger partial charge < -0.3 is 10.6 Å². The van der Waals surface area contributed by atoms with E-state index in [1.807, 2.05) is 41.0 Å². The first-order valence-electron chi connectivity index (χ1n) is 11.4. The number of amides is 2. The number of carbonyl (C=O) groups excluding carboxylic acids is 1. The summed E-state index contributed by atoms with van der Waals surface area (Å²) in [7, 11) is 1.95. The number of hydrogen-bond donors (Lipinski definition) is 2. The number of aromatic nitrogens is 4. The van der Waals surface area contributed by atoms with E-state index in [2.05, 4.69) is 31.5 Å². The molecule has 2 saturated heterocycles. The average Bonchev–Trinajstić information content (AvgIpc) is 3.44. The van der Waals surface area contributed by atoms with Crippen LogP contribution in [0.4, 0.5) is 16.3 Å². The highest BCUT2D eigenvalue weighted by Crippen LogP contribution is 2.40. The molecule has 2 amide bonds. The van der Waals surface area contributed by atoms with Gasteiger partial charge >= 0.3 is 6.03 Å². The van der Waals surface area contributed by atoms with Gasteiger partial charge in [0, 0.05) is 56.4 Å². The molecule has 172 valence electrons. The summed E-state index contributed by atoms with van der Waals surface area (Å²) < 4.78 is 1.85. The molecule has 3 aromatic heterocycles. The van der Waals surface area contributed by atoms with Gasteiger partial charge in [0.05, 0.1) is 17.6 Å². The molecule has 2 fully saturated rings. The van der Waals surface area contributed by atoms with Gasteiger partial charge in [-0.3, -0.25) is 19.9 Å². The van der Waals surface area contributed by atoms with E-state index >= 15 is 0 Å². The molecule has 0 aromatic carbocycles. The van der Waals surface area contributed by atoms with Gasteiger partial charge in [-0.15, -0.1) is 0 Å². The van der Waals surface area contributed by atoms with E-state index < -0.39 is 0 Å². The molecule has 0 unspecified atom stereocenters. The molecule has 2 aliphatic heterocycles. The summed E-state index contributed by atoms with van der Waals surface area (Å²) in [4.78, 5) is 26.1. The molecular formula is C24H30N8O. The summed E-state index contributed by atoms with van der Waals surface area (Å²) in [6.07, 6.45) is 10.7. The van der Waals surface area contributed by atoms with Crippen LogP contribution in [-0.4, -0.2) is 61.8 Å². The highest BCUT2D eigenvalue weighted by atomic mass is 16.2. The third-order valence-electron chi connectivity index (χ3n) is 6.92. The number of anilines is 2. The van der Waals surface area contributed by atoms with Gasteiger partial charge in [0.25, 0.3) is 0 Å². The third-order valence-corrected chi connectivity index (χ3v) is 6.92. The lowest BCUT2D eigenvalue weighted by Gasteiger charge is -2.39. The second kappa shape index (κ2) is 8.82. The van der Waals surface area contributed by atoms with E-state index in [1.54, 1.807) is 18.5 Å². The minimum Gasteiger partial charge on any atom is -0.396 e. The van der Waals surface area contributed by atoms with E-state index in [4.69, 9.17) is 5.73 Å². The lowest BCUT2D eigenvalue weighted by Crippen LogP contribution is -2.42. The number of urea groups is 1. The smallest absolute Gasteiger partial charge is 0.323 e. The minimum absolute atomic E-state index is 0.132. The van der Waals surface area contributed by atoms with Gasteiger partial charge in [-0.2, -0.15) is 5.10 Å². The summed E-state index contributed by atoms with van der Waals surface area (Å²) in [6.45, 7) is 4.57. The van der Waals surface area contributed by atoms with Gasteiger partial charge in [-0.25, -0.2) is 9.78 Å². The molecule has 0 aliphatic carbocycles. The Morgan fingerprint density at radius 3 is 2.70 bits per heavy atom. The van der Waals surface area contributed by atoms with Gasteiger partial charge in [-0.05, 0) is 62.0 Å². The van der Waals surface area contributed by atoms with Crippen molar-refractivity contribution < 1.29 is 4.79 Å². The van der Waals surface area contributed by atoms with Crippen molar-refractivity contribution in [2.75, 3.05) is 37.2 Å². The zero-order chi connectivity index (χ0) is 22.8. The fourth-order valence-corrected chi connectivity index (χ4v) is 4.94. The molecule has 1 spiro atoms. The van der Waals surface area contributed by atoms with Crippen LogP contribution in [0.2, 0.25) is 0 Å². The Balaban J connectivity index is 1.19. The zero-order valence-corrected chi connectivity index (χ0v) is 18.9. The highest BCUT2D eigenvalue weighted by Gasteiger charge is 2.42. The molecule has 0 saturated carbocycles. The Morgan fingerprint density at radius 2 is 1.97 bits per heavy atom. The molecule has 3 N–H and O–H groups in total. The van der Waals surface area contributed by atoms with Crippen molar-refractivity contribution in [2.24, 2.45) is 12.5 Å². The van der Waals surface area contributed by atoms with Crippen molar-refractivity contribution in [1.29, 1.82) is 0 Å². The number of nitrogens with one attached hydrogen (secondary N) is 1. The number of piperidine rings is 1. The Morgan fingerprint density at radius 1 is 1.15 bits per heavy atom. The molecule has 5 rings (SSSR count). The fourth-order valence-electron chi connectivity index (χ4n) is 4.94. The van der Waals surface area contributed by atoms with Crippen LogP contribution in [0.15, 0.2) is 49.1 Å². The molecule has 9 heteroatoms. The summed E-state index contributed by atoms with van der Waals surface area (Å²) in [5, 5.41) is 7.21. The summed E-state index contributed by atoms with van der Waals surface area (Å²) in [5.41, 5.74) is 9.63. The van der Waals surface area contributed by atoms with Crippen LogP contribution in [-0.2, 0) is 13.6 Å². The second-order valence-electron chi connectivity index (χ2n) is 9.28.